The number of urea groups is 1. The number of para-hydroxylation sites is 1. The Kier molecular flexibility index (Phi) is 8.41. The standard InChI is InChI=1S/C30H36N4O4/c1-5-24-21-33(19-20-34(24)29(36)38-30(2,3)4)25-15-11-22(12-16-25)31-28(35)32-23-13-17-27(18-14-23)37-26-9-7-6-8-10-26/h6-18,24H,5,19-21H2,1-4H3,(H2,31,32,35)/t24-/m0/s1. The van der Waals surface area contributed by atoms with Gasteiger partial charge < -0.3 is 29.9 Å². The van der Waals surface area contributed by atoms with E-state index in [0.29, 0.717) is 30.2 Å². The number of anilines is 3. The first kappa shape index (κ1) is 26.9. The summed E-state index contributed by atoms with van der Waals surface area (Å²) in [6, 6.07) is 24.2. The topological polar surface area (TPSA) is 83.1 Å². The number of nitrogens with zero attached hydrogens (tertiary/aromatic N) is 2. The minimum absolute atomic E-state index is 0.0756. The van der Waals surface area contributed by atoms with Crippen LogP contribution in [0.1, 0.15) is 34.1 Å². The molecule has 8 nitrogen and oxygen atoms in total. The third-order valence-electron chi connectivity index (χ3n) is 6.16. The molecular weight excluding hydrogens is 480 g/mol. The number of ether oxygens (including phenoxy) is 2. The summed E-state index contributed by atoms with van der Waals surface area (Å²) in [6.07, 6.45) is 0.586. The number of benzene rings is 3. The molecule has 8 heteroatoms. The second-order valence-corrected chi connectivity index (χ2v) is 10.2. The number of rotatable bonds is 6. The Morgan fingerprint density at radius 2 is 1.42 bits per heavy atom. The van der Waals surface area contributed by atoms with Crippen molar-refractivity contribution in [3.63, 3.8) is 0 Å². The van der Waals surface area contributed by atoms with Gasteiger partial charge in [-0.3, -0.25) is 0 Å². The molecule has 0 unspecified atom stereocenters. The van der Waals surface area contributed by atoms with Gasteiger partial charge in [0.2, 0.25) is 0 Å². The van der Waals surface area contributed by atoms with Crippen LogP contribution in [0.4, 0.5) is 26.7 Å². The highest BCUT2D eigenvalue weighted by Gasteiger charge is 2.32. The number of nitrogens with one attached hydrogen (secondary N) is 2. The van der Waals surface area contributed by atoms with E-state index >= 15 is 0 Å². The highest BCUT2D eigenvalue weighted by molar-refractivity contribution is 5.99. The van der Waals surface area contributed by atoms with Crippen molar-refractivity contribution >= 4 is 29.2 Å². The predicted octanol–water partition coefficient (Wildman–Crippen LogP) is 6.96. The molecule has 0 spiro atoms. The van der Waals surface area contributed by atoms with Gasteiger partial charge in [-0.05, 0) is 87.9 Å². The van der Waals surface area contributed by atoms with Gasteiger partial charge in [-0.25, -0.2) is 9.59 Å². The van der Waals surface area contributed by atoms with E-state index in [4.69, 9.17) is 9.47 Å². The van der Waals surface area contributed by atoms with Crippen LogP contribution >= 0.6 is 0 Å². The molecule has 200 valence electrons. The average molecular weight is 517 g/mol. The van der Waals surface area contributed by atoms with Gasteiger partial charge in [0.25, 0.3) is 0 Å². The molecule has 0 saturated carbocycles. The van der Waals surface area contributed by atoms with E-state index in [2.05, 4.69) is 22.5 Å². The summed E-state index contributed by atoms with van der Waals surface area (Å²) >= 11 is 0. The molecule has 0 aliphatic carbocycles. The summed E-state index contributed by atoms with van der Waals surface area (Å²) in [6.45, 7) is 9.78. The first-order chi connectivity index (χ1) is 18.2. The van der Waals surface area contributed by atoms with E-state index in [1.807, 2.05) is 92.4 Å². The smallest absolute Gasteiger partial charge is 0.410 e. The maximum Gasteiger partial charge on any atom is 0.410 e. The zero-order chi connectivity index (χ0) is 27.1. The van der Waals surface area contributed by atoms with E-state index in [1.54, 1.807) is 12.1 Å². The Labute approximate surface area is 224 Å². The van der Waals surface area contributed by atoms with Gasteiger partial charge in [-0.2, -0.15) is 0 Å². The molecule has 0 bridgehead atoms. The van der Waals surface area contributed by atoms with Gasteiger partial charge in [-0.15, -0.1) is 0 Å². The van der Waals surface area contributed by atoms with E-state index < -0.39 is 5.60 Å². The van der Waals surface area contributed by atoms with Crippen molar-refractivity contribution in [1.82, 2.24) is 4.90 Å². The number of piperazine rings is 1. The first-order valence-corrected chi connectivity index (χ1v) is 13.0. The van der Waals surface area contributed by atoms with Crippen molar-refractivity contribution in [2.24, 2.45) is 0 Å². The number of hydrogen-bond donors (Lipinski definition) is 2. The fraction of sp³-hybridized carbons (Fsp3) is 0.333. The van der Waals surface area contributed by atoms with E-state index in [-0.39, 0.29) is 18.2 Å². The van der Waals surface area contributed by atoms with Gasteiger partial charge in [0, 0.05) is 36.7 Å². The van der Waals surface area contributed by atoms with Crippen molar-refractivity contribution in [3.05, 3.63) is 78.9 Å². The predicted molar refractivity (Wildman–Crippen MR) is 151 cm³/mol. The highest BCUT2D eigenvalue weighted by atomic mass is 16.6. The molecule has 4 rings (SSSR count). The molecule has 3 aromatic carbocycles. The summed E-state index contributed by atoms with van der Waals surface area (Å²) in [4.78, 5) is 29.2. The van der Waals surface area contributed by atoms with Crippen LogP contribution in [-0.2, 0) is 4.74 Å². The number of hydrogen-bond acceptors (Lipinski definition) is 5. The van der Waals surface area contributed by atoms with Gasteiger partial charge in [0.05, 0.1) is 6.04 Å². The average Bonchev–Trinajstić information content (AvgIpc) is 2.89. The molecule has 1 aliphatic heterocycles. The number of carbonyl (C=O) groups is 2. The highest BCUT2D eigenvalue weighted by Crippen LogP contribution is 2.25. The van der Waals surface area contributed by atoms with Crippen LogP contribution in [0.3, 0.4) is 0 Å². The van der Waals surface area contributed by atoms with Crippen LogP contribution < -0.4 is 20.3 Å². The molecule has 1 heterocycles. The minimum Gasteiger partial charge on any atom is -0.457 e. The third kappa shape index (κ3) is 7.41. The maximum absolute atomic E-state index is 12.6. The van der Waals surface area contributed by atoms with E-state index in [0.717, 1.165) is 24.4 Å². The Morgan fingerprint density at radius 3 is 2.00 bits per heavy atom. The van der Waals surface area contributed by atoms with Gasteiger partial charge in [-0.1, -0.05) is 25.1 Å². The molecule has 0 radical (unpaired) electrons. The molecule has 38 heavy (non-hydrogen) atoms. The lowest BCUT2D eigenvalue weighted by Crippen LogP contribution is -2.56. The Balaban J connectivity index is 1.28. The fourth-order valence-corrected chi connectivity index (χ4v) is 4.28. The third-order valence-corrected chi connectivity index (χ3v) is 6.16. The molecule has 1 saturated heterocycles. The van der Waals surface area contributed by atoms with E-state index in [9.17, 15) is 9.59 Å². The second-order valence-electron chi connectivity index (χ2n) is 10.2. The molecular formula is C30H36N4O4. The number of carbonyl (C=O) groups excluding carboxylic acids is 2. The lowest BCUT2D eigenvalue weighted by atomic mass is 10.1. The number of amides is 3. The zero-order valence-corrected chi connectivity index (χ0v) is 22.4. The molecule has 2 N–H and O–H groups in total. The van der Waals surface area contributed by atoms with Crippen LogP contribution in [0.2, 0.25) is 0 Å². The fourth-order valence-electron chi connectivity index (χ4n) is 4.28. The molecule has 0 aromatic heterocycles. The quantitative estimate of drug-likeness (QED) is 0.370. The Morgan fingerprint density at radius 1 is 0.842 bits per heavy atom. The van der Waals surface area contributed by atoms with Crippen LogP contribution in [0.25, 0.3) is 0 Å². The van der Waals surface area contributed by atoms with Gasteiger partial charge in [0.1, 0.15) is 17.1 Å². The molecule has 3 aromatic rings. The monoisotopic (exact) mass is 516 g/mol. The van der Waals surface area contributed by atoms with Crippen molar-refractivity contribution in [3.8, 4) is 11.5 Å². The molecule has 1 atom stereocenters. The summed E-state index contributed by atoms with van der Waals surface area (Å²) in [5.41, 5.74) is 1.89. The lowest BCUT2D eigenvalue weighted by molar-refractivity contribution is 0.0136. The maximum atomic E-state index is 12.6. The van der Waals surface area contributed by atoms with Crippen molar-refractivity contribution < 1.29 is 19.1 Å². The zero-order valence-electron chi connectivity index (χ0n) is 22.4. The summed E-state index contributed by atoms with van der Waals surface area (Å²) in [7, 11) is 0. The van der Waals surface area contributed by atoms with Gasteiger partial charge in [0.15, 0.2) is 0 Å². The van der Waals surface area contributed by atoms with Crippen LogP contribution in [0, 0.1) is 0 Å². The first-order valence-electron chi connectivity index (χ1n) is 13.0. The lowest BCUT2D eigenvalue weighted by Gasteiger charge is -2.42. The normalized spacial score (nSPS) is 15.5. The van der Waals surface area contributed by atoms with Gasteiger partial charge >= 0.3 is 12.1 Å². The summed E-state index contributed by atoms with van der Waals surface area (Å²) in [5.74, 6) is 1.44. The van der Waals surface area contributed by atoms with Crippen molar-refractivity contribution in [2.45, 2.75) is 45.8 Å². The second kappa shape index (κ2) is 11.9. The van der Waals surface area contributed by atoms with Crippen LogP contribution in [-0.4, -0.2) is 48.3 Å². The van der Waals surface area contributed by atoms with Crippen LogP contribution in [0.15, 0.2) is 78.9 Å². The van der Waals surface area contributed by atoms with Crippen molar-refractivity contribution in [2.75, 3.05) is 35.2 Å². The van der Waals surface area contributed by atoms with Crippen LogP contribution in [0.5, 0.6) is 11.5 Å². The summed E-state index contributed by atoms with van der Waals surface area (Å²) in [5, 5.41) is 5.71. The molecule has 1 aliphatic rings. The largest absolute Gasteiger partial charge is 0.457 e. The Bertz CT molecular complexity index is 1210. The van der Waals surface area contributed by atoms with E-state index in [1.165, 1.54) is 0 Å². The summed E-state index contributed by atoms with van der Waals surface area (Å²) < 4.78 is 11.4. The SMILES string of the molecule is CC[C@H]1CN(c2ccc(NC(=O)Nc3ccc(Oc4ccccc4)cc3)cc2)CCN1C(=O)OC(C)(C)C. The van der Waals surface area contributed by atoms with Crippen molar-refractivity contribution in [1.29, 1.82) is 0 Å². The minimum atomic E-state index is -0.512. The molecule has 3 amide bonds. The molecule has 1 fully saturated rings. The Hall–Kier alpha value is -4.20.